The van der Waals surface area contributed by atoms with Crippen LogP contribution < -0.4 is 10.6 Å². The first kappa shape index (κ1) is 15.5. The summed E-state index contributed by atoms with van der Waals surface area (Å²) in [6.45, 7) is 0.485. The molecule has 0 spiro atoms. The molecule has 1 fully saturated rings. The summed E-state index contributed by atoms with van der Waals surface area (Å²) in [5, 5.41) is 6.57. The van der Waals surface area contributed by atoms with Crippen molar-refractivity contribution in [1.29, 1.82) is 0 Å². The van der Waals surface area contributed by atoms with E-state index in [0.717, 1.165) is 29.8 Å². The second kappa shape index (κ2) is 6.84. The highest BCUT2D eigenvalue weighted by Crippen LogP contribution is 2.25. The van der Waals surface area contributed by atoms with Crippen LogP contribution in [0, 0.1) is 5.82 Å². The molecule has 25 heavy (non-hydrogen) atoms. The van der Waals surface area contributed by atoms with E-state index in [-0.39, 0.29) is 5.82 Å². The first-order valence-corrected chi connectivity index (χ1v) is 8.31. The standard InChI is InChI=1S/C19H18FN5/c20-14-5-3-4-13(10-14)12-22-18-11-17(16-6-1-2-9-21-16)24-19(25-18)23-15-7-8-15/h1-6,9-11,15H,7-8,12H2,(H2,22,23,24,25). The highest BCUT2D eigenvalue weighted by atomic mass is 19.1. The second-order valence-corrected chi connectivity index (χ2v) is 6.08. The maximum absolute atomic E-state index is 13.3. The van der Waals surface area contributed by atoms with Gasteiger partial charge in [0.25, 0.3) is 0 Å². The van der Waals surface area contributed by atoms with Crippen molar-refractivity contribution in [2.24, 2.45) is 0 Å². The SMILES string of the molecule is Fc1cccc(CNc2cc(-c3ccccn3)nc(NC3CC3)n2)c1. The molecule has 2 heterocycles. The predicted molar refractivity (Wildman–Crippen MR) is 95.6 cm³/mol. The van der Waals surface area contributed by atoms with Gasteiger partial charge < -0.3 is 10.6 Å². The molecule has 0 saturated heterocycles. The van der Waals surface area contributed by atoms with Crippen LogP contribution in [0.25, 0.3) is 11.4 Å². The fraction of sp³-hybridized carbons (Fsp3) is 0.211. The van der Waals surface area contributed by atoms with E-state index in [1.54, 1.807) is 12.3 Å². The smallest absolute Gasteiger partial charge is 0.225 e. The number of aromatic nitrogens is 3. The van der Waals surface area contributed by atoms with Crippen molar-refractivity contribution in [3.8, 4) is 11.4 Å². The predicted octanol–water partition coefficient (Wildman–Crippen LogP) is 3.86. The molecule has 0 aliphatic heterocycles. The zero-order valence-electron chi connectivity index (χ0n) is 13.6. The summed E-state index contributed by atoms with van der Waals surface area (Å²) in [7, 11) is 0. The number of hydrogen-bond donors (Lipinski definition) is 2. The van der Waals surface area contributed by atoms with Crippen LogP contribution in [-0.2, 0) is 6.54 Å². The Hall–Kier alpha value is -3.02. The largest absolute Gasteiger partial charge is 0.366 e. The Kier molecular flexibility index (Phi) is 4.24. The van der Waals surface area contributed by atoms with Gasteiger partial charge >= 0.3 is 0 Å². The van der Waals surface area contributed by atoms with E-state index in [1.807, 2.05) is 30.3 Å². The Balaban J connectivity index is 1.59. The Morgan fingerprint density at radius 3 is 2.68 bits per heavy atom. The van der Waals surface area contributed by atoms with Gasteiger partial charge in [0.15, 0.2) is 0 Å². The Morgan fingerprint density at radius 2 is 1.92 bits per heavy atom. The van der Waals surface area contributed by atoms with E-state index in [0.29, 0.717) is 24.4 Å². The Morgan fingerprint density at radius 1 is 1.00 bits per heavy atom. The van der Waals surface area contributed by atoms with E-state index in [2.05, 4.69) is 25.6 Å². The topological polar surface area (TPSA) is 62.7 Å². The molecular formula is C19H18FN5. The minimum atomic E-state index is -0.243. The van der Waals surface area contributed by atoms with Crippen LogP contribution in [0.1, 0.15) is 18.4 Å². The first-order valence-electron chi connectivity index (χ1n) is 8.31. The first-order chi connectivity index (χ1) is 12.3. The average molecular weight is 335 g/mol. The van der Waals surface area contributed by atoms with E-state index < -0.39 is 0 Å². The lowest BCUT2D eigenvalue weighted by Gasteiger charge is -2.11. The van der Waals surface area contributed by atoms with Crippen molar-refractivity contribution in [1.82, 2.24) is 15.0 Å². The van der Waals surface area contributed by atoms with Crippen LogP contribution in [0.3, 0.4) is 0 Å². The lowest BCUT2D eigenvalue weighted by atomic mass is 10.2. The molecule has 4 rings (SSSR count). The molecule has 3 aromatic rings. The quantitative estimate of drug-likeness (QED) is 0.716. The zero-order valence-corrected chi connectivity index (χ0v) is 13.6. The van der Waals surface area contributed by atoms with Crippen molar-refractivity contribution in [3.63, 3.8) is 0 Å². The summed E-state index contributed by atoms with van der Waals surface area (Å²) >= 11 is 0. The highest BCUT2D eigenvalue weighted by molar-refractivity contribution is 5.61. The normalized spacial score (nSPS) is 13.5. The van der Waals surface area contributed by atoms with Gasteiger partial charge in [-0.05, 0) is 42.7 Å². The molecule has 1 aromatic carbocycles. The van der Waals surface area contributed by atoms with Crippen LogP contribution in [-0.4, -0.2) is 21.0 Å². The third-order valence-corrected chi connectivity index (χ3v) is 3.93. The molecule has 0 atom stereocenters. The number of benzene rings is 1. The lowest BCUT2D eigenvalue weighted by molar-refractivity contribution is 0.626. The molecule has 1 saturated carbocycles. The third-order valence-electron chi connectivity index (χ3n) is 3.93. The van der Waals surface area contributed by atoms with Gasteiger partial charge in [-0.2, -0.15) is 4.98 Å². The number of nitrogens with zero attached hydrogens (tertiary/aromatic N) is 3. The van der Waals surface area contributed by atoms with E-state index in [9.17, 15) is 4.39 Å². The van der Waals surface area contributed by atoms with Crippen molar-refractivity contribution in [2.45, 2.75) is 25.4 Å². The average Bonchev–Trinajstić information content (AvgIpc) is 3.45. The number of rotatable bonds is 6. The monoisotopic (exact) mass is 335 g/mol. The van der Waals surface area contributed by atoms with Gasteiger partial charge in [-0.15, -0.1) is 0 Å². The molecule has 1 aliphatic carbocycles. The van der Waals surface area contributed by atoms with Crippen molar-refractivity contribution >= 4 is 11.8 Å². The van der Waals surface area contributed by atoms with Gasteiger partial charge in [-0.1, -0.05) is 18.2 Å². The van der Waals surface area contributed by atoms with Gasteiger partial charge in [0.05, 0.1) is 11.4 Å². The molecule has 6 heteroatoms. The number of pyridine rings is 1. The number of anilines is 2. The summed E-state index contributed by atoms with van der Waals surface area (Å²) < 4.78 is 13.3. The molecule has 0 unspecified atom stereocenters. The van der Waals surface area contributed by atoms with Crippen LogP contribution in [0.4, 0.5) is 16.2 Å². The third kappa shape index (κ3) is 4.09. The summed E-state index contributed by atoms with van der Waals surface area (Å²) in [5.41, 5.74) is 2.40. The van der Waals surface area contributed by atoms with Crippen LogP contribution in [0.15, 0.2) is 54.7 Å². The van der Waals surface area contributed by atoms with Gasteiger partial charge in [0, 0.05) is 24.8 Å². The van der Waals surface area contributed by atoms with Crippen LogP contribution in [0.5, 0.6) is 0 Å². The van der Waals surface area contributed by atoms with Crippen LogP contribution >= 0.6 is 0 Å². The minimum Gasteiger partial charge on any atom is -0.366 e. The summed E-state index contributed by atoms with van der Waals surface area (Å²) in [6, 6.07) is 14.6. The van der Waals surface area contributed by atoms with Crippen molar-refractivity contribution in [2.75, 3.05) is 10.6 Å². The zero-order chi connectivity index (χ0) is 17.1. The Labute approximate surface area is 145 Å². The molecular weight excluding hydrogens is 317 g/mol. The summed E-state index contributed by atoms with van der Waals surface area (Å²) in [6.07, 6.45) is 4.03. The molecule has 1 aliphatic rings. The number of nitrogens with one attached hydrogen (secondary N) is 2. The van der Waals surface area contributed by atoms with Crippen molar-refractivity contribution in [3.05, 3.63) is 66.1 Å². The minimum absolute atomic E-state index is 0.243. The van der Waals surface area contributed by atoms with Gasteiger partial charge in [-0.3, -0.25) is 4.98 Å². The van der Waals surface area contributed by atoms with Gasteiger partial charge in [0.2, 0.25) is 5.95 Å². The van der Waals surface area contributed by atoms with E-state index >= 15 is 0 Å². The fourth-order valence-corrected chi connectivity index (χ4v) is 2.50. The lowest BCUT2D eigenvalue weighted by Crippen LogP contribution is -2.09. The van der Waals surface area contributed by atoms with Crippen LogP contribution in [0.2, 0.25) is 0 Å². The van der Waals surface area contributed by atoms with Gasteiger partial charge in [0.1, 0.15) is 11.6 Å². The number of halogens is 1. The molecule has 2 aromatic heterocycles. The fourth-order valence-electron chi connectivity index (χ4n) is 2.50. The molecule has 0 amide bonds. The van der Waals surface area contributed by atoms with E-state index in [4.69, 9.17) is 0 Å². The molecule has 2 N–H and O–H groups in total. The summed E-state index contributed by atoms with van der Waals surface area (Å²) in [5.74, 6) is 1.03. The summed E-state index contributed by atoms with van der Waals surface area (Å²) in [4.78, 5) is 13.5. The maximum Gasteiger partial charge on any atom is 0.225 e. The molecule has 126 valence electrons. The maximum atomic E-state index is 13.3. The number of hydrogen-bond acceptors (Lipinski definition) is 5. The molecule has 0 radical (unpaired) electrons. The second-order valence-electron chi connectivity index (χ2n) is 6.08. The van der Waals surface area contributed by atoms with Crippen molar-refractivity contribution < 1.29 is 4.39 Å². The molecule has 0 bridgehead atoms. The molecule has 5 nitrogen and oxygen atoms in total. The highest BCUT2D eigenvalue weighted by Gasteiger charge is 2.22. The van der Waals surface area contributed by atoms with E-state index in [1.165, 1.54) is 12.1 Å². The van der Waals surface area contributed by atoms with Gasteiger partial charge in [-0.25, -0.2) is 9.37 Å². The Bertz CT molecular complexity index is 865.